The lowest BCUT2D eigenvalue weighted by atomic mass is 10.0. The van der Waals surface area contributed by atoms with Gasteiger partial charge in [0.15, 0.2) is 6.61 Å². The summed E-state index contributed by atoms with van der Waals surface area (Å²) in [5, 5.41) is 4.07. The average molecular weight is 403 g/mol. The Bertz CT molecular complexity index is 1030. The van der Waals surface area contributed by atoms with E-state index in [0.29, 0.717) is 32.2 Å². The molecule has 3 aromatic rings. The molecule has 1 N–H and O–H groups in total. The number of carbonyl (C=O) groups is 2. The molecule has 0 atom stereocenters. The maximum Gasteiger partial charge on any atom is 0.339 e. The van der Waals surface area contributed by atoms with Gasteiger partial charge < -0.3 is 10.1 Å². The Balaban J connectivity index is 1.75. The first-order valence-corrected chi connectivity index (χ1v) is 8.90. The van der Waals surface area contributed by atoms with Crippen molar-refractivity contribution < 1.29 is 14.3 Å². The third-order valence-corrected chi connectivity index (χ3v) is 4.50. The van der Waals surface area contributed by atoms with Crippen LogP contribution in [0, 0.1) is 13.8 Å². The maximum atomic E-state index is 12.6. The highest BCUT2D eigenvalue weighted by Crippen LogP contribution is 2.24. The molecule has 2 aromatic carbocycles. The molecule has 27 heavy (non-hydrogen) atoms. The largest absolute Gasteiger partial charge is 0.452 e. The first kappa shape index (κ1) is 19.1. The summed E-state index contributed by atoms with van der Waals surface area (Å²) in [4.78, 5) is 29.2. The number of aromatic nitrogens is 1. The van der Waals surface area contributed by atoms with Gasteiger partial charge in [-0.1, -0.05) is 41.4 Å². The molecular formula is C20H16Cl2N2O3. The van der Waals surface area contributed by atoms with Crippen LogP contribution in [0.3, 0.4) is 0 Å². The summed E-state index contributed by atoms with van der Waals surface area (Å²) >= 11 is 11.8. The number of benzene rings is 2. The van der Waals surface area contributed by atoms with E-state index < -0.39 is 18.5 Å². The Labute approximate surface area is 166 Å². The van der Waals surface area contributed by atoms with Crippen LogP contribution >= 0.6 is 23.2 Å². The van der Waals surface area contributed by atoms with E-state index in [0.717, 1.165) is 11.3 Å². The second kappa shape index (κ2) is 7.94. The number of hydrogen-bond donors (Lipinski definition) is 1. The lowest BCUT2D eigenvalue weighted by Crippen LogP contribution is -2.21. The maximum absolute atomic E-state index is 12.6. The Kier molecular flexibility index (Phi) is 5.63. The zero-order valence-electron chi connectivity index (χ0n) is 14.7. The molecule has 1 amide bonds. The summed E-state index contributed by atoms with van der Waals surface area (Å²) in [5.74, 6) is -1.07. The molecule has 7 heteroatoms. The van der Waals surface area contributed by atoms with E-state index in [4.69, 9.17) is 27.9 Å². The molecular weight excluding hydrogens is 387 g/mol. The Morgan fingerprint density at radius 3 is 2.44 bits per heavy atom. The van der Waals surface area contributed by atoms with Crippen LogP contribution in [-0.2, 0) is 9.53 Å². The van der Waals surface area contributed by atoms with Gasteiger partial charge >= 0.3 is 5.97 Å². The normalized spacial score (nSPS) is 10.7. The van der Waals surface area contributed by atoms with Crippen molar-refractivity contribution in [2.24, 2.45) is 0 Å². The molecule has 1 heterocycles. The quantitative estimate of drug-likeness (QED) is 0.626. The van der Waals surface area contributed by atoms with Crippen molar-refractivity contribution >= 4 is 51.7 Å². The molecule has 0 aliphatic rings. The minimum Gasteiger partial charge on any atom is -0.452 e. The van der Waals surface area contributed by atoms with Crippen LogP contribution in [0.25, 0.3) is 10.9 Å². The van der Waals surface area contributed by atoms with E-state index >= 15 is 0 Å². The van der Waals surface area contributed by atoms with Crippen molar-refractivity contribution in [3.63, 3.8) is 0 Å². The van der Waals surface area contributed by atoms with Crippen molar-refractivity contribution in [2.45, 2.75) is 13.8 Å². The van der Waals surface area contributed by atoms with Crippen molar-refractivity contribution in [3.8, 4) is 0 Å². The minimum absolute atomic E-state index is 0.393. The van der Waals surface area contributed by atoms with Crippen LogP contribution in [-0.4, -0.2) is 23.5 Å². The van der Waals surface area contributed by atoms with Crippen LogP contribution in [0.5, 0.6) is 0 Å². The van der Waals surface area contributed by atoms with Crippen LogP contribution in [0.4, 0.5) is 5.69 Å². The predicted octanol–water partition coefficient (Wildman–Crippen LogP) is 4.95. The summed E-state index contributed by atoms with van der Waals surface area (Å²) in [7, 11) is 0. The monoisotopic (exact) mass is 402 g/mol. The van der Waals surface area contributed by atoms with Crippen molar-refractivity contribution in [1.29, 1.82) is 0 Å². The van der Waals surface area contributed by atoms with Gasteiger partial charge in [-0.25, -0.2) is 4.79 Å². The molecule has 0 saturated heterocycles. The zero-order valence-corrected chi connectivity index (χ0v) is 16.2. The van der Waals surface area contributed by atoms with Crippen LogP contribution in [0.15, 0.2) is 42.5 Å². The molecule has 138 valence electrons. The highest BCUT2D eigenvalue weighted by Gasteiger charge is 2.18. The fourth-order valence-electron chi connectivity index (χ4n) is 2.72. The summed E-state index contributed by atoms with van der Waals surface area (Å²) in [6.07, 6.45) is 0. The van der Waals surface area contributed by atoms with Crippen molar-refractivity contribution in [3.05, 3.63) is 69.3 Å². The molecule has 0 saturated carbocycles. The second-order valence-electron chi connectivity index (χ2n) is 6.00. The van der Waals surface area contributed by atoms with Gasteiger partial charge in [-0.2, -0.15) is 0 Å². The number of para-hydroxylation sites is 1. The molecule has 0 aliphatic heterocycles. The number of pyridine rings is 1. The smallest absolute Gasteiger partial charge is 0.339 e. The van der Waals surface area contributed by atoms with Crippen molar-refractivity contribution in [2.75, 3.05) is 11.9 Å². The van der Waals surface area contributed by atoms with Crippen molar-refractivity contribution in [1.82, 2.24) is 4.98 Å². The van der Waals surface area contributed by atoms with E-state index in [1.54, 1.807) is 31.2 Å². The molecule has 0 fully saturated rings. The van der Waals surface area contributed by atoms with Crippen LogP contribution < -0.4 is 5.32 Å². The first-order chi connectivity index (χ1) is 12.8. The molecule has 0 radical (unpaired) electrons. The number of anilines is 1. The fraction of sp³-hybridized carbons (Fsp3) is 0.150. The molecule has 0 spiro atoms. The van der Waals surface area contributed by atoms with E-state index in [-0.39, 0.29) is 0 Å². The molecule has 0 unspecified atom stereocenters. The van der Waals surface area contributed by atoms with Gasteiger partial charge in [0.1, 0.15) is 0 Å². The lowest BCUT2D eigenvalue weighted by Gasteiger charge is -2.12. The third kappa shape index (κ3) is 4.38. The number of fused-ring (bicyclic) bond motifs is 1. The van der Waals surface area contributed by atoms with Crippen LogP contribution in [0.1, 0.15) is 21.6 Å². The van der Waals surface area contributed by atoms with Gasteiger partial charge in [0.05, 0.1) is 11.1 Å². The summed E-state index contributed by atoms with van der Waals surface area (Å²) in [5.41, 5.74) is 3.00. The van der Waals surface area contributed by atoms with Crippen LogP contribution in [0.2, 0.25) is 10.0 Å². The summed E-state index contributed by atoms with van der Waals surface area (Å²) < 4.78 is 5.22. The van der Waals surface area contributed by atoms with Gasteiger partial charge in [-0.15, -0.1) is 0 Å². The molecule has 5 nitrogen and oxygen atoms in total. The van der Waals surface area contributed by atoms with Gasteiger partial charge in [0.2, 0.25) is 0 Å². The zero-order chi connectivity index (χ0) is 19.6. The average Bonchev–Trinajstić information content (AvgIpc) is 2.60. The molecule has 1 aromatic heterocycles. The Hall–Kier alpha value is -2.63. The topological polar surface area (TPSA) is 68.3 Å². The van der Waals surface area contributed by atoms with E-state index in [2.05, 4.69) is 10.3 Å². The van der Waals surface area contributed by atoms with E-state index in [1.807, 2.05) is 25.1 Å². The van der Waals surface area contributed by atoms with Gasteiger partial charge in [-0.3, -0.25) is 9.78 Å². The SMILES string of the molecule is Cc1nc2ccccc2c(C(=O)OCC(=O)Nc2cc(Cl)cc(Cl)c2)c1C. The van der Waals surface area contributed by atoms with E-state index in [1.165, 1.54) is 0 Å². The number of rotatable bonds is 4. The second-order valence-corrected chi connectivity index (χ2v) is 6.87. The lowest BCUT2D eigenvalue weighted by molar-refractivity contribution is -0.119. The number of ether oxygens (including phenoxy) is 1. The Morgan fingerprint density at radius 2 is 1.74 bits per heavy atom. The molecule has 3 rings (SSSR count). The fourth-order valence-corrected chi connectivity index (χ4v) is 3.25. The number of hydrogen-bond acceptors (Lipinski definition) is 4. The van der Waals surface area contributed by atoms with E-state index in [9.17, 15) is 9.59 Å². The van der Waals surface area contributed by atoms with Gasteiger partial charge in [0, 0.05) is 26.8 Å². The summed E-state index contributed by atoms with van der Waals surface area (Å²) in [6, 6.07) is 12.0. The Morgan fingerprint density at radius 1 is 1.07 bits per heavy atom. The number of esters is 1. The molecule has 0 bridgehead atoms. The number of carbonyl (C=O) groups excluding carboxylic acids is 2. The highest BCUT2D eigenvalue weighted by molar-refractivity contribution is 6.35. The number of halogens is 2. The number of aryl methyl sites for hydroxylation is 1. The third-order valence-electron chi connectivity index (χ3n) is 4.06. The minimum atomic E-state index is -0.575. The van der Waals surface area contributed by atoms with Gasteiger partial charge in [-0.05, 0) is 43.7 Å². The highest BCUT2D eigenvalue weighted by atomic mass is 35.5. The summed E-state index contributed by atoms with van der Waals surface area (Å²) in [6.45, 7) is 3.20. The number of nitrogens with one attached hydrogen (secondary N) is 1. The standard InChI is InChI=1S/C20H16Cl2N2O3/c1-11-12(2)23-17-6-4-3-5-16(17)19(11)20(26)27-10-18(25)24-15-8-13(21)7-14(22)9-15/h3-9H,10H2,1-2H3,(H,24,25). The van der Waals surface area contributed by atoms with Gasteiger partial charge in [0.25, 0.3) is 5.91 Å². The first-order valence-electron chi connectivity index (χ1n) is 8.14. The molecule has 0 aliphatic carbocycles. The number of nitrogens with zero attached hydrogens (tertiary/aromatic N) is 1. The predicted molar refractivity (Wildman–Crippen MR) is 107 cm³/mol. The number of amides is 1.